The Morgan fingerprint density at radius 3 is 2.94 bits per heavy atom. The highest BCUT2D eigenvalue weighted by molar-refractivity contribution is 5.35. The largest absolute Gasteiger partial charge is 0.384 e. The Kier molecular flexibility index (Phi) is 3.55. The molecule has 1 heterocycles. The minimum absolute atomic E-state index is 0.484. The summed E-state index contributed by atoms with van der Waals surface area (Å²) in [6.45, 7) is 2.89. The van der Waals surface area contributed by atoms with E-state index in [-0.39, 0.29) is 0 Å². The first-order valence-electron chi connectivity index (χ1n) is 5.62. The van der Waals surface area contributed by atoms with Gasteiger partial charge in [-0.15, -0.1) is 0 Å². The maximum atomic E-state index is 5.57. The van der Waals surface area contributed by atoms with Crippen LogP contribution in [-0.4, -0.2) is 16.5 Å². The van der Waals surface area contributed by atoms with Gasteiger partial charge in [0.25, 0.3) is 0 Å². The molecule has 3 N–H and O–H groups in total. The number of nitrogens with zero attached hydrogens (tertiary/aromatic N) is 2. The molecule has 0 aliphatic heterocycles. The van der Waals surface area contributed by atoms with E-state index in [1.54, 1.807) is 12.3 Å². The van der Waals surface area contributed by atoms with Crippen molar-refractivity contribution in [2.45, 2.75) is 13.3 Å². The normalized spacial score (nSPS) is 10.2. The number of hydrogen-bond acceptors (Lipinski definition) is 4. The van der Waals surface area contributed by atoms with E-state index >= 15 is 0 Å². The number of nitrogen functional groups attached to an aromatic ring is 1. The fourth-order valence-electron chi connectivity index (χ4n) is 1.64. The quantitative estimate of drug-likeness (QED) is 0.840. The molecular formula is C13H16N4. The first-order chi connectivity index (χ1) is 8.24. The molecule has 1 aromatic carbocycles. The van der Waals surface area contributed by atoms with Crippen molar-refractivity contribution in [1.29, 1.82) is 0 Å². The second-order valence-corrected chi connectivity index (χ2v) is 3.97. The average molecular weight is 228 g/mol. The Morgan fingerprint density at radius 2 is 2.18 bits per heavy atom. The second kappa shape index (κ2) is 5.30. The first-order valence-corrected chi connectivity index (χ1v) is 5.62. The molecule has 1 aromatic heterocycles. The number of rotatable bonds is 4. The molecular weight excluding hydrogens is 212 g/mol. The van der Waals surface area contributed by atoms with E-state index in [1.807, 2.05) is 0 Å². The van der Waals surface area contributed by atoms with Crippen LogP contribution in [0.5, 0.6) is 0 Å². The predicted molar refractivity (Wildman–Crippen MR) is 69.8 cm³/mol. The fourth-order valence-corrected chi connectivity index (χ4v) is 1.64. The molecule has 0 amide bonds. The fraction of sp³-hybridized carbons (Fsp3) is 0.231. The van der Waals surface area contributed by atoms with Crippen molar-refractivity contribution in [2.75, 3.05) is 17.6 Å². The van der Waals surface area contributed by atoms with Crippen LogP contribution in [0, 0.1) is 6.92 Å². The number of anilines is 2. The summed E-state index contributed by atoms with van der Waals surface area (Å²) < 4.78 is 0. The Morgan fingerprint density at radius 1 is 1.29 bits per heavy atom. The van der Waals surface area contributed by atoms with Gasteiger partial charge in [0.15, 0.2) is 0 Å². The van der Waals surface area contributed by atoms with Crippen LogP contribution in [0.2, 0.25) is 0 Å². The summed E-state index contributed by atoms with van der Waals surface area (Å²) in [7, 11) is 0. The summed E-state index contributed by atoms with van der Waals surface area (Å²) in [4.78, 5) is 8.16. The van der Waals surface area contributed by atoms with Crippen molar-refractivity contribution in [3.63, 3.8) is 0 Å². The summed E-state index contributed by atoms with van der Waals surface area (Å²) in [5.74, 6) is 1.07. The SMILES string of the molecule is Cc1cccc(CCNc2nccc(N)n2)c1. The van der Waals surface area contributed by atoms with E-state index < -0.39 is 0 Å². The van der Waals surface area contributed by atoms with Crippen LogP contribution in [-0.2, 0) is 6.42 Å². The van der Waals surface area contributed by atoms with Gasteiger partial charge in [-0.25, -0.2) is 4.98 Å². The second-order valence-electron chi connectivity index (χ2n) is 3.97. The molecule has 0 aliphatic rings. The van der Waals surface area contributed by atoms with E-state index in [2.05, 4.69) is 46.5 Å². The zero-order chi connectivity index (χ0) is 12.1. The molecule has 0 saturated carbocycles. The molecule has 0 spiro atoms. The van der Waals surface area contributed by atoms with Crippen molar-refractivity contribution in [1.82, 2.24) is 9.97 Å². The molecule has 0 aliphatic carbocycles. The van der Waals surface area contributed by atoms with Crippen molar-refractivity contribution >= 4 is 11.8 Å². The smallest absolute Gasteiger partial charge is 0.224 e. The Labute approximate surface area is 101 Å². The summed E-state index contributed by atoms with van der Waals surface area (Å²) in [5.41, 5.74) is 8.16. The van der Waals surface area contributed by atoms with Crippen LogP contribution < -0.4 is 11.1 Å². The van der Waals surface area contributed by atoms with Crippen LogP contribution >= 0.6 is 0 Å². The van der Waals surface area contributed by atoms with Crippen molar-refractivity contribution in [2.24, 2.45) is 0 Å². The third-order valence-electron chi connectivity index (χ3n) is 2.46. The first kappa shape index (κ1) is 11.4. The molecule has 0 atom stereocenters. The van der Waals surface area contributed by atoms with Gasteiger partial charge in [0, 0.05) is 12.7 Å². The summed E-state index contributed by atoms with van der Waals surface area (Å²) in [5, 5.41) is 3.15. The average Bonchev–Trinajstić information content (AvgIpc) is 2.29. The van der Waals surface area contributed by atoms with Gasteiger partial charge >= 0.3 is 0 Å². The minimum atomic E-state index is 0.484. The van der Waals surface area contributed by atoms with Gasteiger partial charge in [-0.3, -0.25) is 0 Å². The third kappa shape index (κ3) is 3.45. The van der Waals surface area contributed by atoms with Gasteiger partial charge in [-0.1, -0.05) is 29.8 Å². The molecule has 2 rings (SSSR count). The Bertz CT molecular complexity index is 451. The molecule has 0 bridgehead atoms. The van der Waals surface area contributed by atoms with E-state index in [1.165, 1.54) is 11.1 Å². The van der Waals surface area contributed by atoms with E-state index in [4.69, 9.17) is 5.73 Å². The number of aryl methyl sites for hydroxylation is 1. The highest BCUT2D eigenvalue weighted by Gasteiger charge is 1.97. The lowest BCUT2D eigenvalue weighted by molar-refractivity contribution is 0.984. The van der Waals surface area contributed by atoms with E-state index in [9.17, 15) is 0 Å². The number of aromatic nitrogens is 2. The van der Waals surface area contributed by atoms with Gasteiger partial charge in [0.2, 0.25) is 5.95 Å². The molecule has 4 nitrogen and oxygen atoms in total. The molecule has 4 heteroatoms. The zero-order valence-electron chi connectivity index (χ0n) is 9.85. The monoisotopic (exact) mass is 228 g/mol. The summed E-state index contributed by atoms with van der Waals surface area (Å²) in [6.07, 6.45) is 2.59. The number of nitrogens with one attached hydrogen (secondary N) is 1. The molecule has 0 unspecified atom stereocenters. The molecule has 2 aromatic rings. The van der Waals surface area contributed by atoms with Gasteiger partial charge in [0.05, 0.1) is 0 Å². The highest BCUT2D eigenvalue weighted by atomic mass is 15.1. The van der Waals surface area contributed by atoms with Gasteiger partial charge in [-0.05, 0) is 25.0 Å². The Balaban J connectivity index is 1.87. The van der Waals surface area contributed by atoms with Gasteiger partial charge in [-0.2, -0.15) is 4.98 Å². The minimum Gasteiger partial charge on any atom is -0.384 e. The molecule has 0 saturated heterocycles. The van der Waals surface area contributed by atoms with Crippen molar-refractivity contribution < 1.29 is 0 Å². The maximum absolute atomic E-state index is 5.57. The topological polar surface area (TPSA) is 63.8 Å². The van der Waals surface area contributed by atoms with Crippen molar-refractivity contribution in [3.8, 4) is 0 Å². The number of nitrogens with two attached hydrogens (primary N) is 1. The molecule has 88 valence electrons. The van der Waals surface area contributed by atoms with Gasteiger partial charge < -0.3 is 11.1 Å². The molecule has 0 fully saturated rings. The zero-order valence-corrected chi connectivity index (χ0v) is 9.85. The highest BCUT2D eigenvalue weighted by Crippen LogP contribution is 2.06. The predicted octanol–water partition coefficient (Wildman–Crippen LogP) is 2.02. The number of benzene rings is 1. The lowest BCUT2D eigenvalue weighted by atomic mass is 10.1. The lowest BCUT2D eigenvalue weighted by Gasteiger charge is -2.05. The number of hydrogen-bond donors (Lipinski definition) is 2. The van der Waals surface area contributed by atoms with E-state index in [0.29, 0.717) is 11.8 Å². The van der Waals surface area contributed by atoms with Crippen LogP contribution in [0.25, 0.3) is 0 Å². The third-order valence-corrected chi connectivity index (χ3v) is 2.46. The van der Waals surface area contributed by atoms with Crippen LogP contribution in [0.4, 0.5) is 11.8 Å². The molecule has 0 radical (unpaired) electrons. The van der Waals surface area contributed by atoms with Crippen LogP contribution in [0.1, 0.15) is 11.1 Å². The van der Waals surface area contributed by atoms with Crippen molar-refractivity contribution in [3.05, 3.63) is 47.7 Å². The van der Waals surface area contributed by atoms with E-state index in [0.717, 1.165) is 13.0 Å². The Hall–Kier alpha value is -2.10. The molecule has 17 heavy (non-hydrogen) atoms. The summed E-state index contributed by atoms with van der Waals surface area (Å²) in [6, 6.07) is 10.1. The van der Waals surface area contributed by atoms with Crippen LogP contribution in [0.3, 0.4) is 0 Å². The lowest BCUT2D eigenvalue weighted by Crippen LogP contribution is -2.08. The summed E-state index contributed by atoms with van der Waals surface area (Å²) >= 11 is 0. The van der Waals surface area contributed by atoms with Gasteiger partial charge in [0.1, 0.15) is 5.82 Å². The maximum Gasteiger partial charge on any atom is 0.224 e. The standard InChI is InChI=1S/C13H16N4/c1-10-3-2-4-11(9-10)5-7-15-13-16-8-6-12(14)17-13/h2-4,6,8-9H,5,7H2,1H3,(H3,14,15,16,17). The van der Waals surface area contributed by atoms with Crippen LogP contribution in [0.15, 0.2) is 36.5 Å².